The molecule has 0 aromatic heterocycles. The van der Waals surface area contributed by atoms with Crippen molar-refractivity contribution in [1.82, 2.24) is 4.90 Å². The fraction of sp³-hybridized carbons (Fsp3) is 0.381. The van der Waals surface area contributed by atoms with Crippen LogP contribution in [0.3, 0.4) is 0 Å². The van der Waals surface area contributed by atoms with Crippen LogP contribution in [-0.2, 0) is 16.0 Å². The molecule has 0 aliphatic carbocycles. The van der Waals surface area contributed by atoms with E-state index in [0.29, 0.717) is 0 Å². The van der Waals surface area contributed by atoms with Crippen molar-refractivity contribution >= 4 is 23.4 Å². The minimum absolute atomic E-state index is 0.155. The Morgan fingerprint density at radius 3 is 2.46 bits per heavy atom. The predicted octanol–water partition coefficient (Wildman–Crippen LogP) is 3.60. The van der Waals surface area contributed by atoms with Crippen molar-refractivity contribution < 1.29 is 9.53 Å². The minimum atomic E-state index is -0.604. The average Bonchev–Trinajstić information content (AvgIpc) is 2.70. The zero-order valence-electron chi connectivity index (χ0n) is 15.2. The Bertz CT molecular complexity index is 685. The molecular weight excluding hydrogens is 344 g/mol. The lowest BCUT2D eigenvalue weighted by Gasteiger charge is -2.26. The maximum Gasteiger partial charge on any atom is 0.258 e. The third-order valence-electron chi connectivity index (χ3n) is 4.62. The number of benzene rings is 2. The quantitative estimate of drug-likeness (QED) is 0.808. The van der Waals surface area contributed by atoms with Crippen LogP contribution in [0.4, 0.5) is 5.69 Å². The summed E-state index contributed by atoms with van der Waals surface area (Å²) in [5.74, 6) is 2.33. The average molecular weight is 371 g/mol. The van der Waals surface area contributed by atoms with E-state index in [4.69, 9.17) is 4.74 Å². The molecule has 4 nitrogen and oxygen atoms in total. The predicted molar refractivity (Wildman–Crippen MR) is 109 cm³/mol. The fourth-order valence-corrected chi connectivity index (χ4v) is 4.08. The molecule has 1 atom stereocenters. The highest BCUT2D eigenvalue weighted by atomic mass is 32.2. The van der Waals surface area contributed by atoms with Crippen LogP contribution in [0.25, 0.3) is 0 Å². The number of thioether (sulfide) groups is 1. The van der Waals surface area contributed by atoms with Crippen molar-refractivity contribution in [3.63, 3.8) is 0 Å². The summed E-state index contributed by atoms with van der Waals surface area (Å²) in [5.41, 5.74) is 2.95. The number of methoxy groups -OCH3 is 1. The molecule has 1 N–H and O–H groups in total. The highest BCUT2D eigenvalue weighted by Gasteiger charge is 2.19. The van der Waals surface area contributed by atoms with E-state index in [9.17, 15) is 4.79 Å². The van der Waals surface area contributed by atoms with E-state index in [1.54, 1.807) is 7.11 Å². The Kier molecular flexibility index (Phi) is 7.12. The molecule has 26 heavy (non-hydrogen) atoms. The van der Waals surface area contributed by atoms with Crippen molar-refractivity contribution in [3.8, 4) is 0 Å². The molecule has 1 aliphatic heterocycles. The van der Waals surface area contributed by atoms with E-state index < -0.39 is 6.10 Å². The summed E-state index contributed by atoms with van der Waals surface area (Å²) in [6.45, 7) is 3.49. The summed E-state index contributed by atoms with van der Waals surface area (Å²) in [4.78, 5) is 15.0. The molecule has 1 saturated heterocycles. The van der Waals surface area contributed by atoms with E-state index in [0.717, 1.165) is 24.2 Å². The molecule has 1 fully saturated rings. The highest BCUT2D eigenvalue weighted by molar-refractivity contribution is 7.99. The van der Waals surface area contributed by atoms with Crippen LogP contribution in [-0.4, -0.2) is 49.1 Å². The molecule has 1 heterocycles. The van der Waals surface area contributed by atoms with Crippen molar-refractivity contribution in [2.75, 3.05) is 43.6 Å². The summed E-state index contributed by atoms with van der Waals surface area (Å²) >= 11 is 2.04. The Balaban J connectivity index is 1.53. The van der Waals surface area contributed by atoms with Crippen molar-refractivity contribution in [1.29, 1.82) is 0 Å². The Morgan fingerprint density at radius 2 is 1.81 bits per heavy atom. The molecule has 3 rings (SSSR count). The number of ether oxygens (including phenoxy) is 1. The fourth-order valence-electron chi connectivity index (χ4n) is 3.10. The van der Waals surface area contributed by atoms with Crippen LogP contribution in [0, 0.1) is 0 Å². The molecule has 1 amide bonds. The van der Waals surface area contributed by atoms with Gasteiger partial charge in [0.15, 0.2) is 6.10 Å². The van der Waals surface area contributed by atoms with Gasteiger partial charge in [-0.3, -0.25) is 4.79 Å². The first-order valence-corrected chi connectivity index (χ1v) is 10.2. The summed E-state index contributed by atoms with van der Waals surface area (Å²) < 4.78 is 5.38. The van der Waals surface area contributed by atoms with Gasteiger partial charge in [0.25, 0.3) is 5.91 Å². The number of amides is 1. The van der Waals surface area contributed by atoms with E-state index in [1.807, 2.05) is 54.2 Å². The first-order chi connectivity index (χ1) is 12.8. The number of carbonyl (C=O) groups is 1. The van der Waals surface area contributed by atoms with Crippen molar-refractivity contribution in [2.45, 2.75) is 12.5 Å². The normalized spacial score (nSPS) is 16.2. The Morgan fingerprint density at radius 1 is 1.12 bits per heavy atom. The van der Waals surface area contributed by atoms with Gasteiger partial charge in [0.1, 0.15) is 0 Å². The van der Waals surface area contributed by atoms with Gasteiger partial charge >= 0.3 is 0 Å². The molecule has 5 heteroatoms. The zero-order chi connectivity index (χ0) is 18.2. The molecule has 0 bridgehead atoms. The molecular formula is C21H26N2O2S. The number of anilines is 1. The van der Waals surface area contributed by atoms with Gasteiger partial charge in [0, 0.05) is 43.9 Å². The standard InChI is InChI=1S/C21H26N2O2S/c1-25-20(18-5-3-2-4-6-18)21(24)22-19-9-7-17(8-10-19)11-12-23-13-15-26-16-14-23/h2-10,20H,11-16H2,1H3,(H,22,24)/t20-/m0/s1. The number of nitrogens with zero attached hydrogens (tertiary/aromatic N) is 1. The summed E-state index contributed by atoms with van der Waals surface area (Å²) in [7, 11) is 1.56. The summed E-state index contributed by atoms with van der Waals surface area (Å²) in [6, 6.07) is 17.7. The van der Waals surface area contributed by atoms with Crippen LogP contribution in [0.5, 0.6) is 0 Å². The third-order valence-corrected chi connectivity index (χ3v) is 5.56. The molecule has 2 aromatic carbocycles. The van der Waals surface area contributed by atoms with Gasteiger partial charge in [-0.2, -0.15) is 11.8 Å². The van der Waals surface area contributed by atoms with Crippen molar-refractivity contribution in [2.24, 2.45) is 0 Å². The minimum Gasteiger partial charge on any atom is -0.367 e. The second-order valence-electron chi connectivity index (χ2n) is 6.42. The van der Waals surface area contributed by atoms with E-state index >= 15 is 0 Å². The van der Waals surface area contributed by atoms with Gasteiger partial charge in [-0.1, -0.05) is 42.5 Å². The smallest absolute Gasteiger partial charge is 0.258 e. The second-order valence-corrected chi connectivity index (χ2v) is 7.64. The monoisotopic (exact) mass is 370 g/mol. The highest BCUT2D eigenvalue weighted by Crippen LogP contribution is 2.19. The lowest BCUT2D eigenvalue weighted by molar-refractivity contribution is -0.126. The SMILES string of the molecule is CO[C@H](C(=O)Nc1ccc(CCN2CCSCC2)cc1)c1ccccc1. The first kappa shape index (κ1) is 19.0. The van der Waals surface area contributed by atoms with Gasteiger partial charge in [-0.15, -0.1) is 0 Å². The number of hydrogen-bond donors (Lipinski definition) is 1. The Labute approximate surface area is 159 Å². The molecule has 0 saturated carbocycles. The molecule has 2 aromatic rings. The third kappa shape index (κ3) is 5.34. The van der Waals surface area contributed by atoms with E-state index in [-0.39, 0.29) is 5.91 Å². The van der Waals surface area contributed by atoms with Crippen LogP contribution in [0.2, 0.25) is 0 Å². The van der Waals surface area contributed by atoms with Crippen molar-refractivity contribution in [3.05, 3.63) is 65.7 Å². The maximum absolute atomic E-state index is 12.5. The summed E-state index contributed by atoms with van der Waals surface area (Å²) in [5, 5.41) is 2.95. The lowest BCUT2D eigenvalue weighted by atomic mass is 10.1. The molecule has 0 radical (unpaired) electrons. The van der Waals surface area contributed by atoms with Crippen LogP contribution >= 0.6 is 11.8 Å². The molecule has 0 unspecified atom stereocenters. The Hall–Kier alpha value is -1.82. The summed E-state index contributed by atoms with van der Waals surface area (Å²) in [6.07, 6.45) is 0.441. The lowest BCUT2D eigenvalue weighted by Crippen LogP contribution is -2.34. The maximum atomic E-state index is 12.5. The number of carbonyl (C=O) groups excluding carboxylic acids is 1. The van der Waals surface area contributed by atoms with Gasteiger partial charge in [-0.05, 0) is 29.7 Å². The van der Waals surface area contributed by atoms with E-state index in [1.165, 1.54) is 30.2 Å². The van der Waals surface area contributed by atoms with E-state index in [2.05, 4.69) is 22.3 Å². The van der Waals surface area contributed by atoms with Gasteiger partial charge in [0.2, 0.25) is 0 Å². The number of nitrogens with one attached hydrogen (secondary N) is 1. The van der Waals surface area contributed by atoms with Crippen LogP contribution in [0.15, 0.2) is 54.6 Å². The molecule has 0 spiro atoms. The largest absolute Gasteiger partial charge is 0.367 e. The van der Waals surface area contributed by atoms with Crippen LogP contribution in [0.1, 0.15) is 17.2 Å². The molecule has 1 aliphatic rings. The zero-order valence-corrected chi connectivity index (χ0v) is 16.0. The van der Waals surface area contributed by atoms with Crippen LogP contribution < -0.4 is 5.32 Å². The van der Waals surface area contributed by atoms with Gasteiger partial charge in [0.05, 0.1) is 0 Å². The second kappa shape index (κ2) is 9.76. The van der Waals surface area contributed by atoms with Gasteiger partial charge in [-0.25, -0.2) is 0 Å². The number of hydrogen-bond acceptors (Lipinski definition) is 4. The van der Waals surface area contributed by atoms with Gasteiger partial charge < -0.3 is 15.0 Å². The first-order valence-electron chi connectivity index (χ1n) is 9.04. The topological polar surface area (TPSA) is 41.6 Å². The number of rotatable bonds is 7. The molecule has 138 valence electrons.